The Kier molecular flexibility index (Phi) is 5.29. The summed E-state index contributed by atoms with van der Waals surface area (Å²) in [5, 5.41) is 10.4. The molecule has 2 N–H and O–H groups in total. The van der Waals surface area contributed by atoms with Crippen LogP contribution in [-0.4, -0.2) is 36.2 Å². The highest BCUT2D eigenvalue weighted by molar-refractivity contribution is 5.87. The average molecular weight is 239 g/mol. The lowest BCUT2D eigenvalue weighted by Crippen LogP contribution is -2.49. The summed E-state index contributed by atoms with van der Waals surface area (Å²) >= 11 is 0. The zero-order valence-corrected chi connectivity index (χ0v) is 9.29. The third-order valence-corrected chi connectivity index (χ3v) is 1.83. The molecule has 16 heavy (non-hydrogen) atoms. The van der Waals surface area contributed by atoms with Gasteiger partial charge in [-0.3, -0.25) is 4.79 Å². The van der Waals surface area contributed by atoms with Gasteiger partial charge in [0.1, 0.15) is 6.04 Å². The number of carbonyl (C=O) groups excluding carboxylic acids is 1. The highest BCUT2D eigenvalue weighted by Gasteiger charge is 2.41. The Hall–Kier alpha value is -1.24. The second kappa shape index (κ2) is 5.74. The van der Waals surface area contributed by atoms with Crippen LogP contribution in [0.25, 0.3) is 0 Å². The summed E-state index contributed by atoms with van der Waals surface area (Å²) in [6, 6.07) is -1.34. The van der Waals surface area contributed by atoms with Crippen molar-refractivity contribution in [3.05, 3.63) is 0 Å². The lowest BCUT2D eigenvalue weighted by molar-refractivity contribution is -0.219. The number of alkyl halides is 2. The van der Waals surface area contributed by atoms with Crippen molar-refractivity contribution >= 4 is 11.9 Å². The summed E-state index contributed by atoms with van der Waals surface area (Å²) in [7, 11) is 0.664. The largest absolute Gasteiger partial charge is 0.480 e. The molecule has 5 nitrogen and oxygen atoms in total. The molecule has 0 aromatic rings. The fourth-order valence-electron chi connectivity index (χ4n) is 1.03. The van der Waals surface area contributed by atoms with E-state index in [0.717, 1.165) is 0 Å². The fraction of sp³-hybridized carbons (Fsp3) is 0.778. The molecule has 0 aliphatic heterocycles. The van der Waals surface area contributed by atoms with E-state index in [-0.39, 0.29) is 12.3 Å². The van der Waals surface area contributed by atoms with Crippen molar-refractivity contribution in [2.45, 2.75) is 32.4 Å². The predicted octanol–water partition coefficient (Wildman–Crippen LogP) is 0.841. The number of carboxylic acid groups (broad SMARTS) is 1. The van der Waals surface area contributed by atoms with Crippen LogP contribution in [0.3, 0.4) is 0 Å². The molecule has 0 saturated carbocycles. The summed E-state index contributed by atoms with van der Waals surface area (Å²) in [5.41, 5.74) is 0. The predicted molar refractivity (Wildman–Crippen MR) is 51.0 cm³/mol. The van der Waals surface area contributed by atoms with E-state index in [1.807, 2.05) is 0 Å². The Morgan fingerprint density at radius 2 is 1.94 bits per heavy atom. The van der Waals surface area contributed by atoms with Crippen LogP contribution in [0.15, 0.2) is 0 Å². The molecule has 0 radical (unpaired) electrons. The van der Waals surface area contributed by atoms with Crippen LogP contribution in [0.4, 0.5) is 8.78 Å². The molecule has 0 heterocycles. The van der Waals surface area contributed by atoms with Gasteiger partial charge >= 0.3 is 18.0 Å². The van der Waals surface area contributed by atoms with Gasteiger partial charge in [0, 0.05) is 7.11 Å². The molecule has 0 saturated heterocycles. The van der Waals surface area contributed by atoms with E-state index < -0.39 is 24.0 Å². The third-order valence-electron chi connectivity index (χ3n) is 1.83. The molecule has 94 valence electrons. The summed E-state index contributed by atoms with van der Waals surface area (Å²) in [5.74, 6) is -3.14. The molecule has 0 spiro atoms. The molecule has 1 unspecified atom stereocenters. The van der Waals surface area contributed by atoms with Crippen LogP contribution in [0, 0.1) is 5.92 Å². The van der Waals surface area contributed by atoms with E-state index in [9.17, 15) is 18.4 Å². The molecule has 7 heteroatoms. The topological polar surface area (TPSA) is 75.6 Å². The highest BCUT2D eigenvalue weighted by atomic mass is 19.3. The van der Waals surface area contributed by atoms with Gasteiger partial charge in [0.15, 0.2) is 0 Å². The number of ether oxygens (including phenoxy) is 1. The number of aliphatic carboxylic acids is 1. The van der Waals surface area contributed by atoms with Gasteiger partial charge in [0.05, 0.1) is 0 Å². The van der Waals surface area contributed by atoms with E-state index in [2.05, 4.69) is 4.74 Å². The summed E-state index contributed by atoms with van der Waals surface area (Å²) in [6.45, 7) is 3.44. The Morgan fingerprint density at radius 3 is 2.25 bits per heavy atom. The Balaban J connectivity index is 4.52. The first-order chi connectivity index (χ1) is 7.20. The number of nitrogens with one attached hydrogen (secondary N) is 1. The molecular weight excluding hydrogens is 224 g/mol. The molecule has 0 aromatic carbocycles. The van der Waals surface area contributed by atoms with Crippen LogP contribution >= 0.6 is 0 Å². The van der Waals surface area contributed by atoms with E-state index in [1.165, 1.54) is 0 Å². The van der Waals surface area contributed by atoms with Gasteiger partial charge in [-0.05, 0) is 12.3 Å². The van der Waals surface area contributed by atoms with Crippen molar-refractivity contribution in [3.8, 4) is 0 Å². The van der Waals surface area contributed by atoms with E-state index in [4.69, 9.17) is 5.11 Å². The van der Waals surface area contributed by atoms with E-state index in [0.29, 0.717) is 7.11 Å². The molecule has 1 atom stereocenters. The molecule has 0 bridgehead atoms. The lowest BCUT2D eigenvalue weighted by Gasteiger charge is -2.19. The number of carboxylic acids is 1. The van der Waals surface area contributed by atoms with Crippen molar-refractivity contribution in [3.63, 3.8) is 0 Å². The summed E-state index contributed by atoms with van der Waals surface area (Å²) < 4.78 is 29.0. The van der Waals surface area contributed by atoms with Crippen molar-refractivity contribution < 1.29 is 28.2 Å². The second-order valence-corrected chi connectivity index (χ2v) is 3.71. The van der Waals surface area contributed by atoms with Crippen molar-refractivity contribution in [1.82, 2.24) is 5.32 Å². The van der Waals surface area contributed by atoms with Crippen LogP contribution in [0.5, 0.6) is 0 Å². The molecule has 0 fully saturated rings. The summed E-state index contributed by atoms with van der Waals surface area (Å²) in [6.07, 6.45) is -3.94. The third kappa shape index (κ3) is 4.52. The van der Waals surface area contributed by atoms with Gasteiger partial charge in [0.2, 0.25) is 0 Å². The monoisotopic (exact) mass is 239 g/mol. The van der Waals surface area contributed by atoms with Gasteiger partial charge in [-0.15, -0.1) is 0 Å². The normalized spacial score (nSPS) is 13.6. The molecule has 1 amide bonds. The van der Waals surface area contributed by atoms with Crippen molar-refractivity contribution in [2.24, 2.45) is 5.92 Å². The minimum absolute atomic E-state index is 0.0439. The molecule has 0 rings (SSSR count). The van der Waals surface area contributed by atoms with Gasteiger partial charge in [-0.25, -0.2) is 4.79 Å². The quantitative estimate of drug-likeness (QED) is 0.720. The van der Waals surface area contributed by atoms with E-state index in [1.54, 1.807) is 19.2 Å². The zero-order chi connectivity index (χ0) is 12.9. The fourth-order valence-corrected chi connectivity index (χ4v) is 1.03. The van der Waals surface area contributed by atoms with Crippen molar-refractivity contribution in [1.29, 1.82) is 0 Å². The van der Waals surface area contributed by atoms with Gasteiger partial charge in [-0.1, -0.05) is 13.8 Å². The highest BCUT2D eigenvalue weighted by Crippen LogP contribution is 2.15. The molecule has 0 aliphatic carbocycles. The number of rotatable bonds is 6. The first-order valence-corrected chi connectivity index (χ1v) is 4.67. The second-order valence-electron chi connectivity index (χ2n) is 3.71. The van der Waals surface area contributed by atoms with Crippen LogP contribution < -0.4 is 5.32 Å². The maximum atomic E-state index is 12.7. The van der Waals surface area contributed by atoms with Crippen molar-refractivity contribution in [2.75, 3.05) is 7.11 Å². The van der Waals surface area contributed by atoms with Gasteiger partial charge < -0.3 is 15.2 Å². The number of methoxy groups -OCH3 is 1. The first-order valence-electron chi connectivity index (χ1n) is 4.67. The van der Waals surface area contributed by atoms with Crippen LogP contribution in [-0.2, 0) is 14.3 Å². The minimum atomic E-state index is -4.01. The molecular formula is C9H15F2NO4. The van der Waals surface area contributed by atoms with Crippen LogP contribution in [0.1, 0.15) is 20.3 Å². The summed E-state index contributed by atoms with van der Waals surface area (Å²) in [4.78, 5) is 21.6. The number of halogens is 2. The van der Waals surface area contributed by atoms with Crippen LogP contribution in [0.2, 0.25) is 0 Å². The number of carbonyl (C=O) groups is 2. The maximum absolute atomic E-state index is 12.7. The number of hydrogen-bond acceptors (Lipinski definition) is 3. The SMILES string of the molecule is COC(F)(F)C(=O)NC(CC(C)C)C(=O)O. The Morgan fingerprint density at radius 1 is 1.44 bits per heavy atom. The lowest BCUT2D eigenvalue weighted by atomic mass is 10.0. The standard InChI is InChI=1S/C9H15F2NO4/c1-5(2)4-6(7(13)14)12-8(15)9(10,11)16-3/h5-6H,4H2,1-3H3,(H,12,15)(H,13,14). The van der Waals surface area contributed by atoms with Gasteiger partial charge in [0.25, 0.3) is 0 Å². The molecule has 0 aliphatic rings. The minimum Gasteiger partial charge on any atom is -0.480 e. The first kappa shape index (κ1) is 14.8. The zero-order valence-electron chi connectivity index (χ0n) is 9.29. The smallest absolute Gasteiger partial charge is 0.436 e. The van der Waals surface area contributed by atoms with Gasteiger partial charge in [-0.2, -0.15) is 8.78 Å². The Bertz CT molecular complexity index is 268. The molecule has 0 aromatic heterocycles. The van der Waals surface area contributed by atoms with E-state index >= 15 is 0 Å². The maximum Gasteiger partial charge on any atom is 0.436 e. The number of amides is 1. The average Bonchev–Trinajstić information content (AvgIpc) is 2.15. The number of hydrogen-bond donors (Lipinski definition) is 2. The Labute approximate surface area is 91.8 Å².